The van der Waals surface area contributed by atoms with Gasteiger partial charge in [-0.05, 0) is 50.9 Å². The van der Waals surface area contributed by atoms with Gasteiger partial charge in [0.1, 0.15) is 5.76 Å². The molecule has 142 valence electrons. The summed E-state index contributed by atoms with van der Waals surface area (Å²) < 4.78 is 5.41. The van der Waals surface area contributed by atoms with Crippen LogP contribution in [0.3, 0.4) is 0 Å². The van der Waals surface area contributed by atoms with Gasteiger partial charge >= 0.3 is 0 Å². The third kappa shape index (κ3) is 6.47. The van der Waals surface area contributed by atoms with Crippen molar-refractivity contribution in [2.45, 2.75) is 64.0 Å². The number of likely N-dealkylation sites (tertiary alicyclic amines) is 1. The molecule has 2 heterocycles. The van der Waals surface area contributed by atoms with Crippen molar-refractivity contribution in [1.29, 1.82) is 0 Å². The number of guanidine groups is 1. The lowest BCUT2D eigenvalue weighted by Gasteiger charge is -2.22. The Morgan fingerprint density at radius 1 is 1.28 bits per heavy atom. The average Bonchev–Trinajstić information content (AvgIpc) is 3.34. The predicted octanol–water partition coefficient (Wildman–Crippen LogP) is 3.40. The van der Waals surface area contributed by atoms with Crippen molar-refractivity contribution in [3.8, 4) is 0 Å². The van der Waals surface area contributed by atoms with Gasteiger partial charge in [0.25, 0.3) is 0 Å². The third-order valence-electron chi connectivity index (χ3n) is 5.31. The Hall–Kier alpha value is -0.760. The summed E-state index contributed by atoms with van der Waals surface area (Å²) in [4.78, 5) is 7.46. The minimum atomic E-state index is 0. The summed E-state index contributed by atoms with van der Waals surface area (Å²) in [6.07, 6.45) is 10.4. The van der Waals surface area contributed by atoms with Crippen molar-refractivity contribution in [2.24, 2.45) is 4.99 Å². The molecule has 1 saturated carbocycles. The summed E-state index contributed by atoms with van der Waals surface area (Å²) >= 11 is 0. The highest BCUT2D eigenvalue weighted by Gasteiger charge is 2.23. The molecule has 2 N–H and O–H groups in total. The summed E-state index contributed by atoms with van der Waals surface area (Å²) in [6.45, 7) is 6.37. The van der Waals surface area contributed by atoms with Crippen molar-refractivity contribution >= 4 is 29.9 Å². The smallest absolute Gasteiger partial charge is 0.191 e. The van der Waals surface area contributed by atoms with Gasteiger partial charge in [0.15, 0.2) is 5.96 Å². The second-order valence-corrected chi connectivity index (χ2v) is 7.00. The molecule has 25 heavy (non-hydrogen) atoms. The third-order valence-corrected chi connectivity index (χ3v) is 5.31. The average molecular weight is 460 g/mol. The standard InChI is InChI=1S/C19H32N4O.HI/c1-2-23-13-5-9-17(23)15-21-19(22-16-7-3-4-8-16)20-12-11-18-10-6-14-24-18;/h6,10,14,16-17H,2-5,7-9,11-13,15H2,1H3,(H2,20,21,22);1H. The Morgan fingerprint density at radius 2 is 2.12 bits per heavy atom. The van der Waals surface area contributed by atoms with E-state index in [-0.39, 0.29) is 24.0 Å². The lowest BCUT2D eigenvalue weighted by atomic mass is 10.2. The van der Waals surface area contributed by atoms with Gasteiger partial charge in [0, 0.05) is 25.0 Å². The number of rotatable bonds is 7. The largest absolute Gasteiger partial charge is 0.469 e. The number of furan rings is 1. The molecule has 0 bridgehead atoms. The van der Waals surface area contributed by atoms with Crippen molar-refractivity contribution < 1.29 is 4.42 Å². The van der Waals surface area contributed by atoms with Crippen molar-refractivity contribution in [3.63, 3.8) is 0 Å². The lowest BCUT2D eigenvalue weighted by Crippen LogP contribution is -2.44. The molecule has 0 radical (unpaired) electrons. The Morgan fingerprint density at radius 3 is 2.84 bits per heavy atom. The van der Waals surface area contributed by atoms with Gasteiger partial charge in [-0.25, -0.2) is 0 Å². The van der Waals surface area contributed by atoms with Gasteiger partial charge in [0.2, 0.25) is 0 Å². The van der Waals surface area contributed by atoms with E-state index in [4.69, 9.17) is 9.41 Å². The Labute approximate surface area is 169 Å². The molecule has 1 aliphatic heterocycles. The first-order valence-electron chi connectivity index (χ1n) is 9.66. The lowest BCUT2D eigenvalue weighted by molar-refractivity contribution is 0.273. The molecule has 2 fully saturated rings. The molecule has 3 rings (SSSR count). The first kappa shape index (κ1) is 20.6. The maximum atomic E-state index is 5.41. The van der Waals surface area contributed by atoms with Crippen LogP contribution in [-0.2, 0) is 6.42 Å². The fourth-order valence-electron chi connectivity index (χ4n) is 3.89. The molecule has 0 spiro atoms. The fourth-order valence-corrected chi connectivity index (χ4v) is 3.89. The van der Waals surface area contributed by atoms with Crippen LogP contribution in [0.1, 0.15) is 51.2 Å². The molecule has 1 aromatic heterocycles. The summed E-state index contributed by atoms with van der Waals surface area (Å²) in [6, 6.07) is 5.18. The van der Waals surface area contributed by atoms with Crippen LogP contribution in [-0.4, -0.2) is 49.1 Å². The summed E-state index contributed by atoms with van der Waals surface area (Å²) in [5, 5.41) is 7.14. The van der Waals surface area contributed by atoms with Crippen LogP contribution < -0.4 is 10.6 Å². The second-order valence-electron chi connectivity index (χ2n) is 7.00. The topological polar surface area (TPSA) is 52.8 Å². The summed E-state index contributed by atoms with van der Waals surface area (Å²) in [7, 11) is 0. The fraction of sp³-hybridized carbons (Fsp3) is 0.737. The molecule has 1 aromatic rings. The quantitative estimate of drug-likeness (QED) is 0.372. The van der Waals surface area contributed by atoms with Crippen LogP contribution in [0.2, 0.25) is 0 Å². The van der Waals surface area contributed by atoms with E-state index in [1.807, 2.05) is 12.1 Å². The highest BCUT2D eigenvalue weighted by Crippen LogP contribution is 2.18. The summed E-state index contributed by atoms with van der Waals surface area (Å²) in [5.41, 5.74) is 0. The monoisotopic (exact) mass is 460 g/mol. The van der Waals surface area contributed by atoms with Crippen LogP contribution in [0.5, 0.6) is 0 Å². The van der Waals surface area contributed by atoms with Crippen LogP contribution in [0, 0.1) is 0 Å². The molecule has 6 heteroatoms. The normalized spacial score (nSPS) is 22.1. The van der Waals surface area contributed by atoms with Gasteiger partial charge in [-0.1, -0.05) is 19.8 Å². The number of aliphatic imine (C=N–C) groups is 1. The Bertz CT molecular complexity index is 500. The minimum Gasteiger partial charge on any atom is -0.469 e. The molecule has 1 aliphatic carbocycles. The van der Waals surface area contributed by atoms with E-state index >= 15 is 0 Å². The van der Waals surface area contributed by atoms with Crippen LogP contribution >= 0.6 is 24.0 Å². The van der Waals surface area contributed by atoms with Crippen molar-refractivity contribution in [2.75, 3.05) is 26.2 Å². The van der Waals surface area contributed by atoms with Gasteiger partial charge in [-0.15, -0.1) is 24.0 Å². The zero-order valence-electron chi connectivity index (χ0n) is 15.4. The number of likely N-dealkylation sites (N-methyl/N-ethyl adjacent to an activating group) is 1. The molecule has 1 unspecified atom stereocenters. The predicted molar refractivity (Wildman–Crippen MR) is 114 cm³/mol. The van der Waals surface area contributed by atoms with E-state index in [9.17, 15) is 0 Å². The van der Waals surface area contributed by atoms with Crippen molar-refractivity contribution in [1.82, 2.24) is 15.5 Å². The first-order chi connectivity index (χ1) is 11.8. The number of hydrogen-bond acceptors (Lipinski definition) is 3. The van der Waals surface area contributed by atoms with Crippen LogP contribution in [0.25, 0.3) is 0 Å². The molecule has 5 nitrogen and oxygen atoms in total. The van der Waals surface area contributed by atoms with Gasteiger partial charge < -0.3 is 15.1 Å². The van der Waals surface area contributed by atoms with E-state index in [1.165, 1.54) is 45.1 Å². The molecule has 0 aromatic carbocycles. The first-order valence-corrected chi connectivity index (χ1v) is 9.66. The highest BCUT2D eigenvalue weighted by atomic mass is 127. The molecule has 0 amide bonds. The van der Waals surface area contributed by atoms with Gasteiger partial charge in [-0.3, -0.25) is 9.89 Å². The Kier molecular flexibility index (Phi) is 9.09. The minimum absolute atomic E-state index is 0. The van der Waals surface area contributed by atoms with E-state index in [0.29, 0.717) is 12.1 Å². The van der Waals surface area contributed by atoms with E-state index in [0.717, 1.165) is 37.8 Å². The highest BCUT2D eigenvalue weighted by molar-refractivity contribution is 14.0. The van der Waals surface area contributed by atoms with Gasteiger partial charge in [-0.2, -0.15) is 0 Å². The van der Waals surface area contributed by atoms with Crippen LogP contribution in [0.4, 0.5) is 0 Å². The maximum Gasteiger partial charge on any atom is 0.191 e. The van der Waals surface area contributed by atoms with Gasteiger partial charge in [0.05, 0.1) is 12.8 Å². The number of nitrogens with zero attached hydrogens (tertiary/aromatic N) is 2. The zero-order chi connectivity index (χ0) is 16.6. The molecule has 2 aliphatic rings. The maximum absolute atomic E-state index is 5.41. The molecular formula is C19H33IN4O. The second kappa shape index (κ2) is 11.1. The Balaban J connectivity index is 0.00000225. The van der Waals surface area contributed by atoms with Crippen LogP contribution in [0.15, 0.2) is 27.8 Å². The van der Waals surface area contributed by atoms with E-state index in [1.54, 1.807) is 6.26 Å². The number of nitrogens with one attached hydrogen (secondary N) is 2. The molecule has 1 atom stereocenters. The zero-order valence-corrected chi connectivity index (χ0v) is 17.7. The number of hydrogen-bond donors (Lipinski definition) is 2. The SMILES string of the molecule is CCN1CCCC1CN=C(NCCc1ccco1)NC1CCCC1.I. The molecular weight excluding hydrogens is 427 g/mol. The molecule has 1 saturated heterocycles. The van der Waals surface area contributed by atoms with E-state index in [2.05, 4.69) is 22.5 Å². The van der Waals surface area contributed by atoms with E-state index < -0.39 is 0 Å². The van der Waals surface area contributed by atoms with Crippen molar-refractivity contribution in [3.05, 3.63) is 24.2 Å². The summed E-state index contributed by atoms with van der Waals surface area (Å²) in [5.74, 6) is 2.01. The number of halogens is 1.